The molecule has 0 aliphatic heterocycles. The molecule has 0 aliphatic carbocycles. The van der Waals surface area contributed by atoms with E-state index in [4.69, 9.17) is 5.11 Å². The van der Waals surface area contributed by atoms with Crippen LogP contribution in [0, 0.1) is 0 Å². The molecular formula is C13H10N4O2. The lowest BCUT2D eigenvalue weighted by Crippen LogP contribution is -2.02. The van der Waals surface area contributed by atoms with Crippen LogP contribution < -0.4 is 0 Å². The Morgan fingerprint density at radius 2 is 1.95 bits per heavy atom. The van der Waals surface area contributed by atoms with Crippen molar-refractivity contribution in [3.05, 3.63) is 59.7 Å². The Bertz CT molecular complexity index is 737. The molecular weight excluding hydrogens is 244 g/mol. The van der Waals surface area contributed by atoms with Crippen molar-refractivity contribution in [2.45, 2.75) is 6.42 Å². The third-order valence-corrected chi connectivity index (χ3v) is 2.68. The van der Waals surface area contributed by atoms with Crippen LogP contribution in [-0.2, 0) is 6.42 Å². The van der Waals surface area contributed by atoms with Crippen molar-refractivity contribution >= 4 is 11.7 Å². The Hall–Kier alpha value is -2.76. The molecule has 3 aromatic rings. The van der Waals surface area contributed by atoms with Crippen LogP contribution in [0.4, 0.5) is 0 Å². The fourth-order valence-corrected chi connectivity index (χ4v) is 1.79. The van der Waals surface area contributed by atoms with Crippen LogP contribution in [0.15, 0.2) is 42.6 Å². The molecule has 0 spiro atoms. The molecule has 0 fully saturated rings. The molecule has 2 aromatic heterocycles. The van der Waals surface area contributed by atoms with Crippen LogP contribution in [0.5, 0.6) is 0 Å². The summed E-state index contributed by atoms with van der Waals surface area (Å²) in [4.78, 5) is 19.0. The van der Waals surface area contributed by atoms with Crippen LogP contribution in [0.1, 0.15) is 21.9 Å². The van der Waals surface area contributed by atoms with Crippen LogP contribution in [-0.4, -0.2) is 30.7 Å². The first kappa shape index (κ1) is 11.3. The number of aromatic carboxylic acids is 1. The van der Waals surface area contributed by atoms with Crippen molar-refractivity contribution in [3.8, 4) is 0 Å². The smallest absolute Gasteiger partial charge is 0.354 e. The fraction of sp³-hybridized carbons (Fsp3) is 0.0769. The van der Waals surface area contributed by atoms with Gasteiger partial charge in [-0.25, -0.2) is 14.3 Å². The van der Waals surface area contributed by atoms with Gasteiger partial charge in [-0.2, -0.15) is 4.98 Å². The quantitative estimate of drug-likeness (QED) is 0.764. The number of hydrogen-bond donors (Lipinski definition) is 1. The SMILES string of the molecule is O=C(O)c1ccn2nc(Cc3ccccc3)nc2n1. The minimum Gasteiger partial charge on any atom is -0.477 e. The Morgan fingerprint density at radius 3 is 2.68 bits per heavy atom. The Balaban J connectivity index is 1.95. The van der Waals surface area contributed by atoms with Crippen LogP contribution in [0.3, 0.4) is 0 Å². The summed E-state index contributed by atoms with van der Waals surface area (Å²) in [7, 11) is 0. The molecule has 0 saturated heterocycles. The van der Waals surface area contributed by atoms with Crippen molar-refractivity contribution in [2.24, 2.45) is 0 Å². The highest BCUT2D eigenvalue weighted by molar-refractivity contribution is 5.85. The average molecular weight is 254 g/mol. The zero-order valence-corrected chi connectivity index (χ0v) is 9.89. The number of benzene rings is 1. The Kier molecular flexibility index (Phi) is 2.68. The zero-order valence-electron chi connectivity index (χ0n) is 9.89. The molecule has 0 aliphatic rings. The summed E-state index contributed by atoms with van der Waals surface area (Å²) in [5.41, 5.74) is 1.06. The second-order valence-corrected chi connectivity index (χ2v) is 4.05. The number of nitrogens with zero attached hydrogens (tertiary/aromatic N) is 4. The van der Waals surface area contributed by atoms with E-state index in [0.29, 0.717) is 18.0 Å². The number of carboxylic acids is 1. The molecule has 0 amide bonds. The summed E-state index contributed by atoms with van der Waals surface area (Å²) >= 11 is 0. The number of fused-ring (bicyclic) bond motifs is 1. The van der Waals surface area contributed by atoms with E-state index in [1.807, 2.05) is 30.3 Å². The van der Waals surface area contributed by atoms with E-state index < -0.39 is 5.97 Å². The van der Waals surface area contributed by atoms with Crippen molar-refractivity contribution in [1.82, 2.24) is 19.6 Å². The minimum atomic E-state index is -1.07. The maximum absolute atomic E-state index is 10.8. The maximum Gasteiger partial charge on any atom is 0.354 e. The van der Waals surface area contributed by atoms with E-state index in [1.54, 1.807) is 6.20 Å². The summed E-state index contributed by atoms with van der Waals surface area (Å²) < 4.78 is 1.48. The van der Waals surface area contributed by atoms with Crippen LogP contribution in [0.2, 0.25) is 0 Å². The third kappa shape index (κ3) is 2.28. The molecule has 6 nitrogen and oxygen atoms in total. The van der Waals surface area contributed by atoms with Gasteiger partial charge in [0.15, 0.2) is 11.5 Å². The summed E-state index contributed by atoms with van der Waals surface area (Å²) in [6.45, 7) is 0. The fourth-order valence-electron chi connectivity index (χ4n) is 1.79. The van der Waals surface area contributed by atoms with Crippen molar-refractivity contribution in [1.29, 1.82) is 0 Å². The second-order valence-electron chi connectivity index (χ2n) is 4.05. The highest BCUT2D eigenvalue weighted by Crippen LogP contribution is 2.07. The van der Waals surface area contributed by atoms with Crippen LogP contribution >= 0.6 is 0 Å². The van der Waals surface area contributed by atoms with E-state index >= 15 is 0 Å². The first-order valence-electron chi connectivity index (χ1n) is 5.72. The van der Waals surface area contributed by atoms with Gasteiger partial charge in [0.05, 0.1) is 0 Å². The lowest BCUT2D eigenvalue weighted by Gasteiger charge is -1.94. The molecule has 94 valence electrons. The molecule has 2 heterocycles. The molecule has 1 aromatic carbocycles. The van der Waals surface area contributed by atoms with Gasteiger partial charge in [-0.05, 0) is 11.6 Å². The predicted molar refractivity (Wildman–Crippen MR) is 67.0 cm³/mol. The number of hydrogen-bond acceptors (Lipinski definition) is 4. The standard InChI is InChI=1S/C13H10N4O2/c18-12(19)10-6-7-17-13(14-10)15-11(16-17)8-9-4-2-1-3-5-9/h1-7H,8H2,(H,18,19). The van der Waals surface area contributed by atoms with Gasteiger partial charge in [-0.15, -0.1) is 5.10 Å². The molecule has 3 rings (SSSR count). The number of carboxylic acid groups (broad SMARTS) is 1. The van der Waals surface area contributed by atoms with Gasteiger partial charge in [0.1, 0.15) is 0 Å². The zero-order chi connectivity index (χ0) is 13.2. The molecule has 19 heavy (non-hydrogen) atoms. The molecule has 0 saturated carbocycles. The first-order valence-corrected chi connectivity index (χ1v) is 5.72. The molecule has 0 bridgehead atoms. The Morgan fingerprint density at radius 1 is 1.16 bits per heavy atom. The van der Waals surface area contributed by atoms with E-state index in [9.17, 15) is 4.79 Å². The van der Waals surface area contributed by atoms with E-state index in [-0.39, 0.29) is 5.69 Å². The van der Waals surface area contributed by atoms with Crippen molar-refractivity contribution < 1.29 is 9.90 Å². The van der Waals surface area contributed by atoms with E-state index in [2.05, 4.69) is 15.1 Å². The molecule has 0 atom stereocenters. The lowest BCUT2D eigenvalue weighted by molar-refractivity contribution is 0.0690. The molecule has 0 unspecified atom stereocenters. The van der Waals surface area contributed by atoms with Gasteiger partial charge in [-0.1, -0.05) is 30.3 Å². The highest BCUT2D eigenvalue weighted by atomic mass is 16.4. The topological polar surface area (TPSA) is 80.4 Å². The van der Waals surface area contributed by atoms with Gasteiger partial charge >= 0.3 is 5.97 Å². The molecule has 6 heteroatoms. The lowest BCUT2D eigenvalue weighted by atomic mass is 10.1. The van der Waals surface area contributed by atoms with E-state index in [0.717, 1.165) is 5.56 Å². The maximum atomic E-state index is 10.8. The Labute approximate surface area is 108 Å². The normalized spacial score (nSPS) is 10.7. The summed E-state index contributed by atoms with van der Waals surface area (Å²) in [5.74, 6) is -0.165. The van der Waals surface area contributed by atoms with Gasteiger partial charge < -0.3 is 5.11 Å². The van der Waals surface area contributed by atoms with Crippen LogP contribution in [0.25, 0.3) is 5.78 Å². The molecule has 0 radical (unpaired) electrons. The summed E-state index contributed by atoms with van der Waals surface area (Å²) in [6.07, 6.45) is 2.14. The number of carbonyl (C=O) groups is 1. The highest BCUT2D eigenvalue weighted by Gasteiger charge is 2.09. The molecule has 1 N–H and O–H groups in total. The van der Waals surface area contributed by atoms with Crippen molar-refractivity contribution in [2.75, 3.05) is 0 Å². The summed E-state index contributed by atoms with van der Waals surface area (Å²) in [6, 6.07) is 11.2. The monoisotopic (exact) mass is 254 g/mol. The van der Waals surface area contributed by atoms with Gasteiger partial charge in [-0.3, -0.25) is 0 Å². The van der Waals surface area contributed by atoms with Gasteiger partial charge in [0.25, 0.3) is 5.78 Å². The average Bonchev–Trinajstić information content (AvgIpc) is 2.80. The summed E-state index contributed by atoms with van der Waals surface area (Å²) in [5, 5.41) is 13.1. The third-order valence-electron chi connectivity index (χ3n) is 2.68. The first-order chi connectivity index (χ1) is 9.22. The largest absolute Gasteiger partial charge is 0.477 e. The number of aromatic nitrogens is 4. The number of rotatable bonds is 3. The van der Waals surface area contributed by atoms with E-state index in [1.165, 1.54) is 10.6 Å². The van der Waals surface area contributed by atoms with Gasteiger partial charge in [0, 0.05) is 12.6 Å². The van der Waals surface area contributed by atoms with Crippen molar-refractivity contribution in [3.63, 3.8) is 0 Å². The predicted octanol–water partition coefficient (Wildman–Crippen LogP) is 1.41. The second kappa shape index (κ2) is 4.49. The van der Waals surface area contributed by atoms with Gasteiger partial charge in [0.2, 0.25) is 0 Å². The minimum absolute atomic E-state index is 0.0360.